The molecular formula is C19H20ClN7O. The number of benzene rings is 1. The van der Waals surface area contributed by atoms with Gasteiger partial charge in [-0.25, -0.2) is 0 Å². The van der Waals surface area contributed by atoms with Crippen molar-refractivity contribution in [3.8, 4) is 0 Å². The fraction of sp³-hybridized carbons (Fsp3) is 0.316. The topological polar surface area (TPSA) is 85.8 Å². The van der Waals surface area contributed by atoms with Gasteiger partial charge in [-0.2, -0.15) is 4.80 Å². The molecule has 0 amide bonds. The van der Waals surface area contributed by atoms with Crippen molar-refractivity contribution in [2.75, 3.05) is 13.1 Å². The number of tetrazole rings is 1. The minimum absolute atomic E-state index is 0.263. The van der Waals surface area contributed by atoms with Gasteiger partial charge in [-0.1, -0.05) is 30.3 Å². The third kappa shape index (κ3) is 3.96. The Morgan fingerprint density at radius 2 is 2.11 bits per heavy atom. The third-order valence-corrected chi connectivity index (χ3v) is 4.84. The minimum atomic E-state index is 0.263. The lowest BCUT2D eigenvalue weighted by Crippen LogP contribution is -2.43. The summed E-state index contributed by atoms with van der Waals surface area (Å²) in [5.74, 6) is 2.19. The van der Waals surface area contributed by atoms with Crippen molar-refractivity contribution in [3.05, 3.63) is 70.3 Å². The molecule has 3 heterocycles. The lowest BCUT2D eigenvalue weighted by Gasteiger charge is -2.39. The second-order valence-electron chi connectivity index (χ2n) is 6.80. The van der Waals surface area contributed by atoms with E-state index in [0.29, 0.717) is 29.2 Å². The van der Waals surface area contributed by atoms with E-state index in [1.54, 1.807) is 11.7 Å². The second kappa shape index (κ2) is 7.55. The van der Waals surface area contributed by atoms with Crippen molar-refractivity contribution < 1.29 is 4.42 Å². The van der Waals surface area contributed by atoms with E-state index in [4.69, 9.17) is 16.0 Å². The first-order chi connectivity index (χ1) is 13.5. The van der Waals surface area contributed by atoms with Crippen molar-refractivity contribution in [2.24, 2.45) is 0 Å². The van der Waals surface area contributed by atoms with Gasteiger partial charge in [-0.05, 0) is 41.5 Å². The molecular weight excluding hydrogens is 378 g/mol. The van der Waals surface area contributed by atoms with Gasteiger partial charge in [0.2, 0.25) is 11.8 Å². The molecule has 0 radical (unpaired) electrons. The summed E-state index contributed by atoms with van der Waals surface area (Å²) in [4.78, 5) is 3.73. The maximum absolute atomic E-state index is 6.17. The van der Waals surface area contributed by atoms with E-state index >= 15 is 0 Å². The molecule has 1 fully saturated rings. The quantitative estimate of drug-likeness (QED) is 0.591. The van der Waals surface area contributed by atoms with Crippen LogP contribution in [0.4, 0.5) is 0 Å². The molecule has 0 spiro atoms. The Balaban J connectivity index is 1.42. The van der Waals surface area contributed by atoms with Crippen LogP contribution in [0.5, 0.6) is 0 Å². The van der Waals surface area contributed by atoms with E-state index in [0.717, 1.165) is 29.9 Å². The Labute approximate surface area is 167 Å². The molecule has 1 aliphatic rings. The number of rotatable bonds is 6. The number of likely N-dealkylation sites (tertiary alicyclic amines) is 1. The molecule has 9 heteroatoms. The maximum Gasteiger partial charge on any atom is 0.223 e. The first-order valence-corrected chi connectivity index (χ1v) is 9.30. The van der Waals surface area contributed by atoms with Crippen LogP contribution in [0.15, 0.2) is 41.0 Å². The van der Waals surface area contributed by atoms with Crippen LogP contribution in [0.3, 0.4) is 0 Å². The Kier molecular flexibility index (Phi) is 4.95. The molecule has 4 rings (SSSR count). The lowest BCUT2D eigenvalue weighted by atomic mass is 9.99. The molecule has 0 N–H and O–H groups in total. The van der Waals surface area contributed by atoms with Crippen molar-refractivity contribution in [1.29, 1.82) is 0 Å². The van der Waals surface area contributed by atoms with Gasteiger partial charge >= 0.3 is 0 Å². The first-order valence-electron chi connectivity index (χ1n) is 8.92. The highest BCUT2D eigenvalue weighted by Gasteiger charge is 2.32. The van der Waals surface area contributed by atoms with Crippen LogP contribution in [0, 0.1) is 13.8 Å². The average Bonchev–Trinajstić information content (AvgIpc) is 3.21. The van der Waals surface area contributed by atoms with Crippen LogP contribution in [0.1, 0.15) is 34.7 Å². The van der Waals surface area contributed by atoms with Crippen molar-refractivity contribution >= 4 is 17.7 Å². The zero-order valence-corrected chi connectivity index (χ0v) is 16.5. The third-order valence-electron chi connectivity index (χ3n) is 4.60. The van der Waals surface area contributed by atoms with Crippen LogP contribution in [-0.2, 0) is 6.54 Å². The molecule has 1 aromatic carbocycles. The van der Waals surface area contributed by atoms with Gasteiger partial charge in [0.05, 0.1) is 12.5 Å². The highest BCUT2D eigenvalue weighted by Crippen LogP contribution is 2.29. The van der Waals surface area contributed by atoms with Crippen molar-refractivity contribution in [1.82, 2.24) is 35.3 Å². The Hall–Kier alpha value is -3.00. The van der Waals surface area contributed by atoms with Gasteiger partial charge in [0.1, 0.15) is 0 Å². The smallest absolute Gasteiger partial charge is 0.223 e. The standard InChI is InChI=1S/C19H20ClN7O/c1-12(26-9-17(10-26)19-23-22-14(3)28-19)4-5-15-6-7-18(20)8-16(15)11-27-24-13(2)21-25-27/h4-8,17H,1,9-11H2,2-3H3/b5-4+. The second-order valence-corrected chi connectivity index (χ2v) is 7.23. The summed E-state index contributed by atoms with van der Waals surface area (Å²) in [7, 11) is 0. The summed E-state index contributed by atoms with van der Waals surface area (Å²) in [6.07, 6.45) is 4.03. The van der Waals surface area contributed by atoms with Gasteiger partial charge < -0.3 is 9.32 Å². The highest BCUT2D eigenvalue weighted by molar-refractivity contribution is 6.30. The lowest BCUT2D eigenvalue weighted by molar-refractivity contribution is 0.180. The van der Waals surface area contributed by atoms with Gasteiger partial charge in [0.15, 0.2) is 5.82 Å². The number of hydrogen-bond donors (Lipinski definition) is 0. The Bertz CT molecular complexity index is 1030. The molecule has 1 aliphatic heterocycles. The molecule has 3 aromatic rings. The monoisotopic (exact) mass is 397 g/mol. The summed E-state index contributed by atoms with van der Waals surface area (Å²) in [6.45, 7) is 9.91. The van der Waals surface area contributed by atoms with E-state index in [1.165, 1.54) is 0 Å². The molecule has 144 valence electrons. The Morgan fingerprint density at radius 3 is 2.79 bits per heavy atom. The van der Waals surface area contributed by atoms with Gasteiger partial charge in [0, 0.05) is 30.7 Å². The van der Waals surface area contributed by atoms with E-state index in [2.05, 4.69) is 37.1 Å². The van der Waals surface area contributed by atoms with Crippen LogP contribution < -0.4 is 0 Å². The largest absolute Gasteiger partial charge is 0.425 e. The molecule has 0 aliphatic carbocycles. The van der Waals surface area contributed by atoms with E-state index in [-0.39, 0.29) is 5.92 Å². The molecule has 2 aromatic heterocycles. The number of halogens is 1. The van der Waals surface area contributed by atoms with Crippen LogP contribution in [-0.4, -0.2) is 48.4 Å². The molecule has 0 atom stereocenters. The van der Waals surface area contributed by atoms with E-state index in [1.807, 2.05) is 37.3 Å². The fourth-order valence-corrected chi connectivity index (χ4v) is 3.25. The summed E-state index contributed by atoms with van der Waals surface area (Å²) >= 11 is 6.17. The van der Waals surface area contributed by atoms with E-state index < -0.39 is 0 Å². The molecule has 0 saturated carbocycles. The SMILES string of the molecule is C=C(/C=C/c1ccc(Cl)cc1Cn1nnc(C)n1)N1CC(c2nnc(C)o2)C1. The zero-order valence-electron chi connectivity index (χ0n) is 15.7. The van der Waals surface area contributed by atoms with Crippen molar-refractivity contribution in [3.63, 3.8) is 0 Å². The Morgan fingerprint density at radius 1 is 1.29 bits per heavy atom. The normalized spacial score (nSPS) is 14.6. The number of aryl methyl sites for hydroxylation is 2. The average molecular weight is 398 g/mol. The number of allylic oxidation sites excluding steroid dienone is 1. The van der Waals surface area contributed by atoms with Crippen LogP contribution in [0.2, 0.25) is 5.02 Å². The summed E-state index contributed by atoms with van der Waals surface area (Å²) in [5, 5.41) is 20.8. The molecule has 0 unspecified atom stereocenters. The van der Waals surface area contributed by atoms with Gasteiger partial charge in [-0.3, -0.25) is 0 Å². The summed E-state index contributed by atoms with van der Waals surface area (Å²) in [6, 6.07) is 5.76. The molecule has 1 saturated heterocycles. The van der Waals surface area contributed by atoms with Crippen LogP contribution in [0.25, 0.3) is 6.08 Å². The number of nitrogens with zero attached hydrogens (tertiary/aromatic N) is 7. The summed E-state index contributed by atoms with van der Waals surface area (Å²) in [5.41, 5.74) is 2.98. The van der Waals surface area contributed by atoms with E-state index in [9.17, 15) is 0 Å². The fourth-order valence-electron chi connectivity index (χ4n) is 3.05. The summed E-state index contributed by atoms with van der Waals surface area (Å²) < 4.78 is 5.50. The van der Waals surface area contributed by atoms with Gasteiger partial charge in [0.25, 0.3) is 0 Å². The molecule has 0 bridgehead atoms. The molecule has 28 heavy (non-hydrogen) atoms. The molecule has 8 nitrogen and oxygen atoms in total. The van der Waals surface area contributed by atoms with Crippen LogP contribution >= 0.6 is 11.6 Å². The highest BCUT2D eigenvalue weighted by atomic mass is 35.5. The maximum atomic E-state index is 6.17. The number of hydrogen-bond acceptors (Lipinski definition) is 7. The van der Waals surface area contributed by atoms with Crippen molar-refractivity contribution in [2.45, 2.75) is 26.3 Å². The van der Waals surface area contributed by atoms with Gasteiger partial charge in [-0.15, -0.1) is 20.4 Å². The number of aromatic nitrogens is 6. The zero-order chi connectivity index (χ0) is 19.7. The minimum Gasteiger partial charge on any atom is -0.425 e. The first kappa shape index (κ1) is 18.4. The predicted molar refractivity (Wildman–Crippen MR) is 105 cm³/mol. The predicted octanol–water partition coefficient (Wildman–Crippen LogP) is 3.00.